The number of aromatic nitrogens is 1. The monoisotopic (exact) mass is 386 g/mol. The minimum absolute atomic E-state index is 0.0934. The van der Waals surface area contributed by atoms with E-state index in [1.54, 1.807) is 23.2 Å². The van der Waals surface area contributed by atoms with E-state index < -0.39 is 0 Å². The van der Waals surface area contributed by atoms with Crippen LogP contribution in [0.1, 0.15) is 22.2 Å². The van der Waals surface area contributed by atoms with Crippen LogP contribution in [0.5, 0.6) is 0 Å². The second kappa shape index (κ2) is 7.23. The van der Waals surface area contributed by atoms with Gasteiger partial charge in [0.1, 0.15) is 11.8 Å². The molecule has 0 N–H and O–H groups in total. The van der Waals surface area contributed by atoms with Gasteiger partial charge in [0.2, 0.25) is 0 Å². The molecule has 0 bridgehead atoms. The van der Waals surface area contributed by atoms with Crippen molar-refractivity contribution in [2.75, 3.05) is 19.7 Å². The number of ether oxygens (including phenoxy) is 1. The zero-order valence-electron chi connectivity index (χ0n) is 13.9. The summed E-state index contributed by atoms with van der Waals surface area (Å²) in [6.07, 6.45) is 1.50. The van der Waals surface area contributed by atoms with Gasteiger partial charge in [-0.05, 0) is 29.1 Å². The topological polar surface area (TPSA) is 42.4 Å². The Bertz CT molecular complexity index is 977. The number of nitrogens with zero attached hydrogens (tertiary/aromatic N) is 2. The zero-order valence-corrected chi connectivity index (χ0v) is 15.4. The number of halogens is 2. The molecule has 0 radical (unpaired) electrons. The lowest BCUT2D eigenvalue weighted by Crippen LogP contribution is -2.42. The van der Waals surface area contributed by atoms with Gasteiger partial charge in [-0.25, -0.2) is 0 Å². The summed E-state index contributed by atoms with van der Waals surface area (Å²) >= 11 is 12.1. The van der Waals surface area contributed by atoms with Crippen LogP contribution < -0.4 is 0 Å². The number of rotatable bonds is 2. The van der Waals surface area contributed by atoms with Crippen molar-refractivity contribution >= 4 is 39.9 Å². The van der Waals surface area contributed by atoms with Crippen LogP contribution in [-0.4, -0.2) is 35.5 Å². The van der Waals surface area contributed by atoms with Gasteiger partial charge in [-0.2, -0.15) is 0 Å². The largest absolute Gasteiger partial charge is 0.370 e. The Morgan fingerprint density at radius 3 is 2.69 bits per heavy atom. The SMILES string of the molecule is O=C(c1cc2ccccc2cn1)N1CCOC(c2ccc(Cl)c(Cl)c2)C1. The van der Waals surface area contributed by atoms with Gasteiger partial charge in [-0.15, -0.1) is 0 Å². The number of carbonyl (C=O) groups is 1. The molecule has 1 unspecified atom stereocenters. The van der Waals surface area contributed by atoms with Gasteiger partial charge in [0.05, 0.1) is 23.2 Å². The molecule has 1 atom stereocenters. The van der Waals surface area contributed by atoms with Crippen molar-refractivity contribution in [3.05, 3.63) is 76.0 Å². The van der Waals surface area contributed by atoms with E-state index in [4.69, 9.17) is 27.9 Å². The molecule has 132 valence electrons. The highest BCUT2D eigenvalue weighted by molar-refractivity contribution is 6.42. The molecule has 1 aliphatic heterocycles. The minimum Gasteiger partial charge on any atom is -0.370 e. The van der Waals surface area contributed by atoms with E-state index in [0.717, 1.165) is 16.3 Å². The van der Waals surface area contributed by atoms with Gasteiger partial charge in [0.15, 0.2) is 0 Å². The molecule has 1 saturated heterocycles. The predicted octanol–water partition coefficient (Wildman–Crippen LogP) is 4.76. The molecule has 0 saturated carbocycles. The highest BCUT2D eigenvalue weighted by Crippen LogP contribution is 2.29. The fourth-order valence-electron chi connectivity index (χ4n) is 3.11. The average molecular weight is 387 g/mol. The number of pyridine rings is 1. The van der Waals surface area contributed by atoms with Gasteiger partial charge >= 0.3 is 0 Å². The van der Waals surface area contributed by atoms with Crippen LogP contribution in [0.15, 0.2) is 54.7 Å². The maximum atomic E-state index is 12.9. The normalized spacial score (nSPS) is 17.5. The quantitative estimate of drug-likeness (QED) is 0.637. The van der Waals surface area contributed by atoms with E-state index in [0.29, 0.717) is 35.4 Å². The van der Waals surface area contributed by atoms with Crippen molar-refractivity contribution in [2.45, 2.75) is 6.10 Å². The third-order valence-corrected chi connectivity index (χ3v) is 5.26. The number of hydrogen-bond acceptors (Lipinski definition) is 3. The summed E-state index contributed by atoms with van der Waals surface area (Å²) in [4.78, 5) is 19.0. The third-order valence-electron chi connectivity index (χ3n) is 4.52. The van der Waals surface area contributed by atoms with Crippen LogP contribution in [-0.2, 0) is 4.74 Å². The molecule has 2 heterocycles. The first kappa shape index (κ1) is 17.3. The molecule has 4 nitrogen and oxygen atoms in total. The fraction of sp³-hybridized carbons (Fsp3) is 0.200. The maximum absolute atomic E-state index is 12.9. The lowest BCUT2D eigenvalue weighted by Gasteiger charge is -2.33. The van der Waals surface area contributed by atoms with Crippen LogP contribution >= 0.6 is 23.2 Å². The van der Waals surface area contributed by atoms with Crippen molar-refractivity contribution in [1.29, 1.82) is 0 Å². The molecule has 1 aromatic heterocycles. The van der Waals surface area contributed by atoms with Crippen molar-refractivity contribution in [3.63, 3.8) is 0 Å². The smallest absolute Gasteiger partial charge is 0.272 e. The van der Waals surface area contributed by atoms with Gasteiger partial charge in [0.25, 0.3) is 5.91 Å². The third kappa shape index (κ3) is 3.40. The van der Waals surface area contributed by atoms with E-state index in [9.17, 15) is 4.79 Å². The predicted molar refractivity (Wildman–Crippen MR) is 103 cm³/mol. The average Bonchev–Trinajstić information content (AvgIpc) is 2.69. The Labute approximate surface area is 161 Å². The second-order valence-corrected chi connectivity index (χ2v) is 7.02. The van der Waals surface area contributed by atoms with Crippen LogP contribution in [0.2, 0.25) is 10.0 Å². The van der Waals surface area contributed by atoms with Gasteiger partial charge in [0, 0.05) is 18.1 Å². The molecule has 1 amide bonds. The zero-order chi connectivity index (χ0) is 18.1. The van der Waals surface area contributed by atoms with Crippen LogP contribution in [0.4, 0.5) is 0 Å². The molecule has 1 aliphatic rings. The Kier molecular flexibility index (Phi) is 4.81. The number of fused-ring (bicyclic) bond motifs is 1. The number of hydrogen-bond donors (Lipinski definition) is 0. The summed E-state index contributed by atoms with van der Waals surface area (Å²) in [5.41, 5.74) is 1.35. The second-order valence-electron chi connectivity index (χ2n) is 6.20. The standard InChI is InChI=1S/C20H16Cl2N2O2/c21-16-6-5-14(9-17(16)22)19-12-24(7-8-26-19)20(25)18-10-13-3-1-2-4-15(13)11-23-18/h1-6,9-11,19H,7-8,12H2. The molecule has 1 fully saturated rings. The van der Waals surface area contributed by atoms with Crippen molar-refractivity contribution in [2.24, 2.45) is 0 Å². The summed E-state index contributed by atoms with van der Waals surface area (Å²) in [5.74, 6) is -0.0934. The lowest BCUT2D eigenvalue weighted by atomic mass is 10.1. The molecule has 0 aliphatic carbocycles. The summed E-state index contributed by atoms with van der Waals surface area (Å²) in [6.45, 7) is 1.45. The molecule has 0 spiro atoms. The van der Waals surface area contributed by atoms with Crippen LogP contribution in [0.3, 0.4) is 0 Å². The Morgan fingerprint density at radius 1 is 1.08 bits per heavy atom. The lowest BCUT2D eigenvalue weighted by molar-refractivity contribution is -0.0230. The number of benzene rings is 2. The van der Waals surface area contributed by atoms with Crippen molar-refractivity contribution in [1.82, 2.24) is 9.88 Å². The van der Waals surface area contributed by atoms with Crippen LogP contribution in [0.25, 0.3) is 10.8 Å². The van der Waals surface area contributed by atoms with Crippen molar-refractivity contribution < 1.29 is 9.53 Å². The molecular formula is C20H16Cl2N2O2. The summed E-state index contributed by atoms with van der Waals surface area (Å²) in [7, 11) is 0. The van der Waals surface area contributed by atoms with Gasteiger partial charge < -0.3 is 9.64 Å². The number of morpholine rings is 1. The van der Waals surface area contributed by atoms with Gasteiger partial charge in [-0.1, -0.05) is 53.5 Å². The maximum Gasteiger partial charge on any atom is 0.272 e. The van der Waals surface area contributed by atoms with E-state index in [-0.39, 0.29) is 12.0 Å². The Hall–Kier alpha value is -2.14. The Balaban J connectivity index is 1.56. The fourth-order valence-corrected chi connectivity index (χ4v) is 3.42. The first-order chi connectivity index (χ1) is 12.6. The molecule has 3 aromatic rings. The molecule has 2 aromatic carbocycles. The Morgan fingerprint density at radius 2 is 1.88 bits per heavy atom. The molecule has 4 rings (SSSR count). The molecule has 6 heteroatoms. The number of amides is 1. The van der Waals surface area contributed by atoms with Gasteiger partial charge in [-0.3, -0.25) is 9.78 Å². The summed E-state index contributed by atoms with van der Waals surface area (Å²) in [6, 6.07) is 15.1. The molecular weight excluding hydrogens is 371 g/mol. The summed E-state index contributed by atoms with van der Waals surface area (Å²) in [5, 5.41) is 2.99. The summed E-state index contributed by atoms with van der Waals surface area (Å²) < 4.78 is 5.83. The van der Waals surface area contributed by atoms with E-state index in [2.05, 4.69) is 4.98 Å². The molecule has 26 heavy (non-hydrogen) atoms. The van der Waals surface area contributed by atoms with E-state index in [1.807, 2.05) is 36.4 Å². The highest BCUT2D eigenvalue weighted by Gasteiger charge is 2.27. The minimum atomic E-state index is -0.233. The number of carbonyl (C=O) groups excluding carboxylic acids is 1. The van der Waals surface area contributed by atoms with E-state index in [1.165, 1.54) is 0 Å². The highest BCUT2D eigenvalue weighted by atomic mass is 35.5. The van der Waals surface area contributed by atoms with E-state index >= 15 is 0 Å². The van der Waals surface area contributed by atoms with Crippen LogP contribution in [0, 0.1) is 0 Å². The first-order valence-electron chi connectivity index (χ1n) is 8.32. The van der Waals surface area contributed by atoms with Crippen molar-refractivity contribution in [3.8, 4) is 0 Å². The first-order valence-corrected chi connectivity index (χ1v) is 9.08.